The number of nitrogens with zero attached hydrogens (tertiary/aromatic N) is 1. The van der Waals surface area contributed by atoms with Crippen LogP contribution >= 0.6 is 0 Å². The lowest BCUT2D eigenvalue weighted by molar-refractivity contribution is 0.571. The van der Waals surface area contributed by atoms with Crippen molar-refractivity contribution in [2.45, 2.75) is 19.4 Å². The van der Waals surface area contributed by atoms with Gasteiger partial charge in [0.25, 0.3) is 0 Å². The van der Waals surface area contributed by atoms with E-state index in [2.05, 4.69) is 52.5 Å². The summed E-state index contributed by atoms with van der Waals surface area (Å²) in [5.41, 5.74) is 3.47. The molecule has 3 rings (SSSR count). The van der Waals surface area contributed by atoms with Crippen LogP contribution in [0.15, 0.2) is 54.6 Å². The van der Waals surface area contributed by atoms with Crippen molar-refractivity contribution < 1.29 is 0 Å². The molecule has 1 heterocycles. The van der Waals surface area contributed by atoms with Gasteiger partial charge in [-0.25, -0.2) is 4.98 Å². The summed E-state index contributed by atoms with van der Waals surface area (Å²) in [6.45, 7) is 3.10. The smallest absolute Gasteiger partial charge is 0.108 e. The average Bonchev–Trinajstić information content (AvgIpc) is 2.90. The Balaban J connectivity index is 1.57. The largest absolute Gasteiger partial charge is 0.342 e. The first-order valence-electron chi connectivity index (χ1n) is 7.05. The second-order valence-corrected chi connectivity index (χ2v) is 5.04. The van der Waals surface area contributed by atoms with Crippen LogP contribution < -0.4 is 5.32 Å². The summed E-state index contributed by atoms with van der Waals surface area (Å²) in [6.07, 6.45) is 0.909. The maximum Gasteiger partial charge on any atom is 0.108 e. The minimum absolute atomic E-state index is 0.362. The first-order chi connectivity index (χ1) is 9.83. The summed E-state index contributed by atoms with van der Waals surface area (Å²) in [5.74, 6) is 1.04. The van der Waals surface area contributed by atoms with Crippen molar-refractivity contribution in [3.8, 4) is 0 Å². The Bertz CT molecular complexity index is 640. The van der Waals surface area contributed by atoms with E-state index in [-0.39, 0.29) is 0 Å². The fourth-order valence-corrected chi connectivity index (χ4v) is 2.39. The van der Waals surface area contributed by atoms with Crippen LogP contribution in [0.2, 0.25) is 0 Å². The van der Waals surface area contributed by atoms with Crippen molar-refractivity contribution in [1.82, 2.24) is 15.3 Å². The number of benzene rings is 2. The molecule has 20 heavy (non-hydrogen) atoms. The summed E-state index contributed by atoms with van der Waals surface area (Å²) in [7, 11) is 0. The molecular formula is C17H19N3. The van der Waals surface area contributed by atoms with Crippen LogP contribution in [0.25, 0.3) is 11.0 Å². The van der Waals surface area contributed by atoms with Crippen molar-refractivity contribution >= 4 is 11.0 Å². The molecule has 0 saturated heterocycles. The number of H-pyrrole nitrogens is 1. The molecule has 0 bridgehead atoms. The predicted octanol–water partition coefficient (Wildman–Crippen LogP) is 3.46. The van der Waals surface area contributed by atoms with Crippen molar-refractivity contribution in [2.75, 3.05) is 6.54 Å². The van der Waals surface area contributed by atoms with E-state index in [9.17, 15) is 0 Å². The number of imidazole rings is 1. The molecule has 0 aliphatic carbocycles. The van der Waals surface area contributed by atoms with Crippen molar-refractivity contribution in [3.63, 3.8) is 0 Å². The lowest BCUT2D eigenvalue weighted by Crippen LogP contribution is -2.21. The Hall–Kier alpha value is -2.13. The quantitative estimate of drug-likeness (QED) is 0.741. The number of hydrogen-bond donors (Lipinski definition) is 2. The summed E-state index contributed by atoms with van der Waals surface area (Å²) < 4.78 is 0. The van der Waals surface area contributed by atoms with Gasteiger partial charge in [-0.1, -0.05) is 42.5 Å². The predicted molar refractivity (Wildman–Crippen MR) is 82.7 cm³/mol. The molecular weight excluding hydrogens is 246 g/mol. The molecule has 0 aliphatic heterocycles. The first kappa shape index (κ1) is 12.9. The van der Waals surface area contributed by atoms with E-state index in [1.165, 1.54) is 5.56 Å². The molecule has 3 heteroatoms. The van der Waals surface area contributed by atoms with Crippen LogP contribution in [0.4, 0.5) is 0 Å². The molecule has 1 aromatic heterocycles. The first-order valence-corrected chi connectivity index (χ1v) is 7.05. The van der Waals surface area contributed by atoms with Crippen LogP contribution in [0.1, 0.15) is 24.4 Å². The van der Waals surface area contributed by atoms with Crippen LogP contribution in [0.5, 0.6) is 0 Å². The monoisotopic (exact) mass is 265 g/mol. The number of aromatic nitrogens is 2. The molecule has 2 N–H and O–H groups in total. The van der Waals surface area contributed by atoms with Crippen LogP contribution in [-0.2, 0) is 6.42 Å². The third kappa shape index (κ3) is 2.89. The maximum absolute atomic E-state index is 4.59. The third-order valence-corrected chi connectivity index (χ3v) is 3.55. The molecule has 0 saturated carbocycles. The Morgan fingerprint density at radius 2 is 1.80 bits per heavy atom. The Morgan fingerprint density at radius 3 is 2.60 bits per heavy atom. The van der Waals surface area contributed by atoms with Gasteiger partial charge in [0.05, 0.1) is 11.0 Å². The van der Waals surface area contributed by atoms with Gasteiger partial charge in [0.1, 0.15) is 5.82 Å². The van der Waals surface area contributed by atoms with E-state index in [4.69, 9.17) is 0 Å². The molecule has 0 amide bonds. The summed E-state index contributed by atoms with van der Waals surface area (Å²) >= 11 is 0. The van der Waals surface area contributed by atoms with Gasteiger partial charge < -0.3 is 10.3 Å². The SMILES string of the molecule is CC(NCCc1nc2ccccc2[nH]1)c1ccccc1. The number of para-hydroxylation sites is 2. The zero-order valence-electron chi connectivity index (χ0n) is 11.6. The fraction of sp³-hybridized carbons (Fsp3) is 0.235. The van der Waals surface area contributed by atoms with Crippen molar-refractivity contribution in [1.29, 1.82) is 0 Å². The van der Waals surface area contributed by atoms with Crippen molar-refractivity contribution in [2.24, 2.45) is 0 Å². The molecule has 3 nitrogen and oxygen atoms in total. The number of aromatic amines is 1. The second-order valence-electron chi connectivity index (χ2n) is 5.04. The Morgan fingerprint density at radius 1 is 1.05 bits per heavy atom. The topological polar surface area (TPSA) is 40.7 Å². The fourth-order valence-electron chi connectivity index (χ4n) is 2.39. The molecule has 0 fully saturated rings. The maximum atomic E-state index is 4.59. The summed E-state index contributed by atoms with van der Waals surface area (Å²) in [6, 6.07) is 19.0. The molecule has 102 valence electrons. The highest BCUT2D eigenvalue weighted by Crippen LogP contribution is 2.12. The van der Waals surface area contributed by atoms with Gasteiger partial charge in [0.2, 0.25) is 0 Å². The van der Waals surface area contributed by atoms with E-state index in [1.807, 2.05) is 24.3 Å². The molecule has 3 aromatic rings. The van der Waals surface area contributed by atoms with E-state index in [1.54, 1.807) is 0 Å². The minimum Gasteiger partial charge on any atom is -0.342 e. The molecule has 1 atom stereocenters. The number of rotatable bonds is 5. The zero-order valence-corrected chi connectivity index (χ0v) is 11.6. The van der Waals surface area contributed by atoms with Gasteiger partial charge in [-0.05, 0) is 24.6 Å². The minimum atomic E-state index is 0.362. The number of fused-ring (bicyclic) bond motifs is 1. The average molecular weight is 265 g/mol. The number of nitrogens with one attached hydrogen (secondary N) is 2. The van der Waals surface area contributed by atoms with Crippen LogP contribution in [0.3, 0.4) is 0 Å². The van der Waals surface area contributed by atoms with E-state index in [0.717, 1.165) is 29.8 Å². The molecule has 1 unspecified atom stereocenters. The Kier molecular flexibility index (Phi) is 3.79. The van der Waals surface area contributed by atoms with Gasteiger partial charge in [-0.15, -0.1) is 0 Å². The third-order valence-electron chi connectivity index (χ3n) is 3.55. The summed E-state index contributed by atoms with van der Waals surface area (Å²) in [4.78, 5) is 7.94. The normalized spacial score (nSPS) is 12.7. The lowest BCUT2D eigenvalue weighted by Gasteiger charge is -2.13. The number of hydrogen-bond acceptors (Lipinski definition) is 2. The highest BCUT2D eigenvalue weighted by molar-refractivity contribution is 5.74. The van der Waals surface area contributed by atoms with Gasteiger partial charge in [-0.3, -0.25) is 0 Å². The molecule has 2 aromatic carbocycles. The van der Waals surface area contributed by atoms with Crippen LogP contribution in [-0.4, -0.2) is 16.5 Å². The Labute approximate surface area is 119 Å². The van der Waals surface area contributed by atoms with Crippen molar-refractivity contribution in [3.05, 3.63) is 66.0 Å². The van der Waals surface area contributed by atoms with Gasteiger partial charge in [0, 0.05) is 19.0 Å². The van der Waals surface area contributed by atoms with E-state index in [0.29, 0.717) is 6.04 Å². The zero-order chi connectivity index (χ0) is 13.8. The van der Waals surface area contributed by atoms with E-state index >= 15 is 0 Å². The molecule has 0 spiro atoms. The molecule has 0 radical (unpaired) electrons. The highest BCUT2D eigenvalue weighted by Gasteiger charge is 2.05. The highest BCUT2D eigenvalue weighted by atomic mass is 14.9. The summed E-state index contributed by atoms with van der Waals surface area (Å²) in [5, 5.41) is 3.53. The van der Waals surface area contributed by atoms with Gasteiger partial charge >= 0.3 is 0 Å². The van der Waals surface area contributed by atoms with E-state index < -0.39 is 0 Å². The molecule has 0 aliphatic rings. The van der Waals surface area contributed by atoms with Gasteiger partial charge in [-0.2, -0.15) is 0 Å². The van der Waals surface area contributed by atoms with Crippen LogP contribution in [0, 0.1) is 0 Å². The van der Waals surface area contributed by atoms with Gasteiger partial charge in [0.15, 0.2) is 0 Å². The standard InChI is InChI=1S/C17H19N3/c1-13(14-7-3-2-4-8-14)18-12-11-17-19-15-9-5-6-10-16(15)20-17/h2-10,13,18H,11-12H2,1H3,(H,19,20). The lowest BCUT2D eigenvalue weighted by atomic mass is 10.1. The second kappa shape index (κ2) is 5.88.